The van der Waals surface area contributed by atoms with Crippen molar-refractivity contribution in [2.45, 2.75) is 52.7 Å². The van der Waals surface area contributed by atoms with E-state index in [0.717, 1.165) is 35.3 Å². The van der Waals surface area contributed by atoms with E-state index in [4.69, 9.17) is 4.74 Å². The van der Waals surface area contributed by atoms with Crippen LogP contribution in [0, 0.1) is 17.8 Å². The quantitative estimate of drug-likeness (QED) is 0.435. The molecule has 158 valence electrons. The van der Waals surface area contributed by atoms with Gasteiger partial charge >= 0.3 is 5.97 Å². The lowest BCUT2D eigenvalue weighted by atomic mass is 9.75. The monoisotopic (exact) mass is 405 g/mol. The van der Waals surface area contributed by atoms with E-state index in [1.807, 2.05) is 30.3 Å². The van der Waals surface area contributed by atoms with Crippen LogP contribution in [0.4, 0.5) is 0 Å². The van der Waals surface area contributed by atoms with Crippen LogP contribution in [-0.2, 0) is 23.1 Å². The molecule has 0 spiro atoms. The Balaban J connectivity index is 1.66. The molecule has 1 saturated carbocycles. The van der Waals surface area contributed by atoms with Crippen molar-refractivity contribution >= 4 is 17.0 Å². The molecule has 4 heteroatoms. The molecule has 0 aliphatic heterocycles. The van der Waals surface area contributed by atoms with Gasteiger partial charge in [-0.25, -0.2) is 13.9 Å². The fourth-order valence-corrected chi connectivity index (χ4v) is 5.07. The number of benzene rings is 2. The minimum absolute atomic E-state index is 0.0250. The molecule has 4 rings (SSSR count). The van der Waals surface area contributed by atoms with Crippen molar-refractivity contribution in [1.82, 2.24) is 4.57 Å². The van der Waals surface area contributed by atoms with Crippen molar-refractivity contribution in [3.05, 3.63) is 54.6 Å². The number of carbonyl (C=O) groups excluding carboxylic acids is 1. The van der Waals surface area contributed by atoms with Gasteiger partial charge in [-0.2, -0.15) is 0 Å². The van der Waals surface area contributed by atoms with Crippen molar-refractivity contribution in [3.8, 4) is 11.4 Å². The molecule has 1 fully saturated rings. The highest BCUT2D eigenvalue weighted by molar-refractivity contribution is 5.79. The van der Waals surface area contributed by atoms with Crippen LogP contribution in [0.2, 0.25) is 0 Å². The Morgan fingerprint density at radius 2 is 1.80 bits per heavy atom. The fraction of sp³-hybridized carbons (Fsp3) is 0.462. The lowest BCUT2D eigenvalue weighted by molar-refractivity contribution is -0.634. The van der Waals surface area contributed by atoms with E-state index in [9.17, 15) is 4.79 Å². The van der Waals surface area contributed by atoms with Gasteiger partial charge < -0.3 is 4.74 Å². The third kappa shape index (κ3) is 4.00. The molecular weight excluding hydrogens is 372 g/mol. The number of hydrogen-bond acceptors (Lipinski definition) is 2. The summed E-state index contributed by atoms with van der Waals surface area (Å²) in [6, 6.07) is 18.5. The molecule has 3 atom stereocenters. The number of nitrogens with zero attached hydrogens (tertiary/aromatic N) is 2. The summed E-state index contributed by atoms with van der Waals surface area (Å²) < 4.78 is 10.4. The number of carbonyl (C=O) groups is 1. The highest BCUT2D eigenvalue weighted by Gasteiger charge is 2.34. The Bertz CT molecular complexity index is 1020. The number of fused-ring (bicyclic) bond motifs is 1. The van der Waals surface area contributed by atoms with Crippen LogP contribution >= 0.6 is 0 Å². The summed E-state index contributed by atoms with van der Waals surface area (Å²) in [7, 11) is 2.06. The maximum atomic E-state index is 13.1. The normalized spacial score (nSPS) is 21.8. The van der Waals surface area contributed by atoms with Gasteiger partial charge in [-0.05, 0) is 54.9 Å². The smallest absolute Gasteiger partial charge is 0.348 e. The highest BCUT2D eigenvalue weighted by Crippen LogP contribution is 2.35. The van der Waals surface area contributed by atoms with Gasteiger partial charge in [-0.1, -0.05) is 57.5 Å². The molecule has 0 bridgehead atoms. The number of imidazole rings is 1. The van der Waals surface area contributed by atoms with E-state index >= 15 is 0 Å². The molecule has 1 aliphatic carbocycles. The lowest BCUT2D eigenvalue weighted by Gasteiger charge is -2.36. The predicted octanol–water partition coefficient (Wildman–Crippen LogP) is 5.14. The van der Waals surface area contributed by atoms with Crippen molar-refractivity contribution in [3.63, 3.8) is 0 Å². The number of para-hydroxylation sites is 2. The first-order valence-electron chi connectivity index (χ1n) is 11.2. The number of rotatable bonds is 5. The summed E-state index contributed by atoms with van der Waals surface area (Å²) in [4.78, 5) is 13.1. The summed E-state index contributed by atoms with van der Waals surface area (Å²) in [5.41, 5.74) is 3.25. The summed E-state index contributed by atoms with van der Waals surface area (Å²) in [5.74, 6) is 2.48. The molecule has 1 heterocycles. The SMILES string of the molecule is CC(C)[C@@H]1CC[C@@H](C)CC1OC(=O)Cn1c(-c2ccccc2)[n+](C)c2ccccc21. The van der Waals surface area contributed by atoms with Crippen LogP contribution in [0.3, 0.4) is 0 Å². The zero-order chi connectivity index (χ0) is 21.3. The molecular formula is C26H33N2O2+. The number of ether oxygens (including phenoxy) is 1. The molecule has 2 aromatic carbocycles. The van der Waals surface area contributed by atoms with Gasteiger partial charge in [0.15, 0.2) is 17.6 Å². The van der Waals surface area contributed by atoms with Gasteiger partial charge in [0.2, 0.25) is 0 Å². The largest absolute Gasteiger partial charge is 0.459 e. The first kappa shape index (κ1) is 20.6. The lowest BCUT2D eigenvalue weighted by Crippen LogP contribution is -2.37. The van der Waals surface area contributed by atoms with E-state index < -0.39 is 0 Å². The van der Waals surface area contributed by atoms with E-state index in [-0.39, 0.29) is 18.6 Å². The Hall–Kier alpha value is -2.62. The zero-order valence-corrected chi connectivity index (χ0v) is 18.5. The van der Waals surface area contributed by atoms with Gasteiger partial charge in [0, 0.05) is 0 Å². The molecule has 0 N–H and O–H groups in total. The third-order valence-corrected chi connectivity index (χ3v) is 6.67. The zero-order valence-electron chi connectivity index (χ0n) is 18.5. The molecule has 0 saturated heterocycles. The van der Waals surface area contributed by atoms with Crippen LogP contribution in [0.25, 0.3) is 22.4 Å². The summed E-state index contributed by atoms with van der Waals surface area (Å²) in [6.07, 6.45) is 3.37. The number of aromatic nitrogens is 2. The predicted molar refractivity (Wildman–Crippen MR) is 120 cm³/mol. The standard InChI is InChI=1S/C26H33N2O2/c1-18(2)21-15-14-19(3)16-24(21)30-25(29)17-28-23-13-9-8-12-22(23)27(4)26(28)20-10-6-5-7-11-20/h5-13,18-19,21,24H,14-17H2,1-4H3/q+1/t19-,21+,24?/m1/s1. The Kier molecular flexibility index (Phi) is 5.94. The molecule has 4 nitrogen and oxygen atoms in total. The number of hydrogen-bond donors (Lipinski definition) is 0. The van der Waals surface area contributed by atoms with Crippen molar-refractivity contribution < 1.29 is 14.1 Å². The van der Waals surface area contributed by atoms with Crippen LogP contribution in [-0.4, -0.2) is 16.6 Å². The average molecular weight is 406 g/mol. The van der Waals surface area contributed by atoms with Gasteiger partial charge in [-0.15, -0.1) is 0 Å². The Labute approximate surface area is 179 Å². The second kappa shape index (κ2) is 8.63. The van der Waals surface area contributed by atoms with Gasteiger partial charge in [0.05, 0.1) is 12.6 Å². The van der Waals surface area contributed by atoms with Crippen molar-refractivity contribution in [2.75, 3.05) is 0 Å². The molecule has 0 amide bonds. The molecule has 0 radical (unpaired) electrons. The molecule has 30 heavy (non-hydrogen) atoms. The minimum Gasteiger partial charge on any atom is -0.459 e. The van der Waals surface area contributed by atoms with E-state index in [2.05, 4.69) is 61.2 Å². The second-order valence-electron chi connectivity index (χ2n) is 9.18. The Morgan fingerprint density at radius 1 is 1.10 bits per heavy atom. The minimum atomic E-state index is -0.140. The van der Waals surface area contributed by atoms with Crippen LogP contribution in [0.15, 0.2) is 54.6 Å². The number of aryl methyl sites for hydroxylation is 1. The molecule has 1 unspecified atom stereocenters. The van der Waals surface area contributed by atoms with Crippen molar-refractivity contribution in [1.29, 1.82) is 0 Å². The molecule has 3 aromatic rings. The van der Waals surface area contributed by atoms with E-state index in [1.54, 1.807) is 0 Å². The first-order chi connectivity index (χ1) is 14.5. The van der Waals surface area contributed by atoms with Gasteiger partial charge in [0.1, 0.15) is 6.10 Å². The van der Waals surface area contributed by atoms with Crippen molar-refractivity contribution in [2.24, 2.45) is 24.8 Å². The molecule has 1 aromatic heterocycles. The second-order valence-corrected chi connectivity index (χ2v) is 9.18. The number of esters is 1. The van der Waals surface area contributed by atoms with E-state index in [1.165, 1.54) is 6.42 Å². The summed E-state index contributed by atoms with van der Waals surface area (Å²) in [6.45, 7) is 6.98. The maximum Gasteiger partial charge on any atom is 0.348 e. The molecule has 1 aliphatic rings. The fourth-order valence-electron chi connectivity index (χ4n) is 5.07. The summed E-state index contributed by atoms with van der Waals surface area (Å²) in [5, 5.41) is 0. The maximum absolute atomic E-state index is 13.1. The van der Waals surface area contributed by atoms with E-state index in [0.29, 0.717) is 17.8 Å². The average Bonchev–Trinajstić information content (AvgIpc) is 3.00. The van der Waals surface area contributed by atoms with Crippen LogP contribution in [0.5, 0.6) is 0 Å². The summed E-state index contributed by atoms with van der Waals surface area (Å²) >= 11 is 0. The van der Waals surface area contributed by atoms with Gasteiger partial charge in [-0.3, -0.25) is 0 Å². The topological polar surface area (TPSA) is 35.1 Å². The first-order valence-corrected chi connectivity index (χ1v) is 11.2. The van der Waals surface area contributed by atoms with Crippen LogP contribution in [0.1, 0.15) is 40.0 Å². The highest BCUT2D eigenvalue weighted by atomic mass is 16.5. The van der Waals surface area contributed by atoms with Crippen LogP contribution < -0.4 is 4.57 Å². The van der Waals surface area contributed by atoms with Gasteiger partial charge in [0.25, 0.3) is 5.82 Å². The third-order valence-electron chi connectivity index (χ3n) is 6.67. The Morgan fingerprint density at radius 3 is 2.53 bits per heavy atom.